The van der Waals surface area contributed by atoms with Crippen LogP contribution in [-0.4, -0.2) is 12.0 Å². The molecule has 1 N–H and O–H groups in total. The van der Waals surface area contributed by atoms with E-state index >= 15 is 0 Å². The molecule has 3 nitrogen and oxygen atoms in total. The summed E-state index contributed by atoms with van der Waals surface area (Å²) in [7, 11) is 1.51. The zero-order valence-electron chi connectivity index (χ0n) is 12.1. The van der Waals surface area contributed by atoms with Crippen molar-refractivity contribution in [2.24, 2.45) is 0 Å². The van der Waals surface area contributed by atoms with Crippen LogP contribution in [0.3, 0.4) is 0 Å². The molecule has 1 aromatic heterocycles. The molecule has 0 amide bonds. The van der Waals surface area contributed by atoms with E-state index in [9.17, 15) is 8.78 Å². The Morgan fingerprint density at radius 1 is 1.14 bits per heavy atom. The molecule has 1 aromatic carbocycles. The third kappa shape index (κ3) is 3.90. The topological polar surface area (TPSA) is 34.1 Å². The first-order valence-electron chi connectivity index (χ1n) is 6.94. The summed E-state index contributed by atoms with van der Waals surface area (Å²) in [6.45, 7) is 2.14. The van der Waals surface area contributed by atoms with Crippen molar-refractivity contribution in [3.8, 4) is 11.6 Å². The zero-order chi connectivity index (χ0) is 15.2. The van der Waals surface area contributed by atoms with Crippen molar-refractivity contribution < 1.29 is 13.5 Å². The van der Waals surface area contributed by atoms with Crippen LogP contribution >= 0.6 is 0 Å². The van der Waals surface area contributed by atoms with E-state index in [0.29, 0.717) is 5.75 Å². The van der Waals surface area contributed by atoms with Crippen LogP contribution in [0.4, 0.5) is 14.6 Å². The normalized spacial score (nSPS) is 10.5. The fourth-order valence-corrected chi connectivity index (χ4v) is 1.91. The van der Waals surface area contributed by atoms with Crippen LogP contribution in [0, 0.1) is 11.6 Å². The predicted molar refractivity (Wildman–Crippen MR) is 78.8 cm³/mol. The van der Waals surface area contributed by atoms with Crippen LogP contribution in [0.2, 0.25) is 0 Å². The lowest BCUT2D eigenvalue weighted by molar-refractivity contribution is 0.418. The lowest BCUT2D eigenvalue weighted by Gasteiger charge is -2.09. The minimum atomic E-state index is -0.832. The van der Waals surface area contributed by atoms with Crippen LogP contribution in [0.25, 0.3) is 0 Å². The van der Waals surface area contributed by atoms with E-state index in [0.717, 1.165) is 25.3 Å². The Hall–Kier alpha value is -2.17. The molecule has 0 fully saturated rings. The third-order valence-corrected chi connectivity index (χ3v) is 3.09. The van der Waals surface area contributed by atoms with Gasteiger partial charge in [-0.1, -0.05) is 25.5 Å². The SMILES string of the molecule is CCCCc1ccc(Oc2nc(NC)c(F)cc2F)cc1. The highest BCUT2D eigenvalue weighted by Gasteiger charge is 2.12. The predicted octanol–water partition coefficient (Wildman–Crippen LogP) is 4.54. The minimum absolute atomic E-state index is 0.0500. The second-order valence-electron chi connectivity index (χ2n) is 4.71. The molecule has 112 valence electrons. The second kappa shape index (κ2) is 7.02. The summed E-state index contributed by atoms with van der Waals surface area (Å²) in [4.78, 5) is 3.77. The molecule has 0 aliphatic carbocycles. The van der Waals surface area contributed by atoms with E-state index in [2.05, 4.69) is 17.2 Å². The number of hydrogen-bond donors (Lipinski definition) is 1. The van der Waals surface area contributed by atoms with E-state index in [1.807, 2.05) is 12.1 Å². The zero-order valence-corrected chi connectivity index (χ0v) is 12.1. The van der Waals surface area contributed by atoms with E-state index in [-0.39, 0.29) is 11.7 Å². The monoisotopic (exact) mass is 292 g/mol. The number of benzene rings is 1. The average molecular weight is 292 g/mol. The maximum atomic E-state index is 13.6. The molecule has 0 saturated heterocycles. The summed E-state index contributed by atoms with van der Waals surface area (Å²) >= 11 is 0. The van der Waals surface area contributed by atoms with Crippen molar-refractivity contribution in [1.29, 1.82) is 0 Å². The van der Waals surface area contributed by atoms with Gasteiger partial charge in [-0.15, -0.1) is 0 Å². The summed E-state index contributed by atoms with van der Waals surface area (Å²) in [6.07, 6.45) is 3.26. The van der Waals surface area contributed by atoms with Crippen LogP contribution < -0.4 is 10.1 Å². The number of hydrogen-bond acceptors (Lipinski definition) is 3. The van der Waals surface area contributed by atoms with Gasteiger partial charge in [0.15, 0.2) is 17.5 Å². The molecule has 0 bridgehead atoms. The first kappa shape index (κ1) is 15.2. The molecular formula is C16H18F2N2O. The Bertz CT molecular complexity index is 600. The molecular weight excluding hydrogens is 274 g/mol. The van der Waals surface area contributed by atoms with Gasteiger partial charge in [0, 0.05) is 13.1 Å². The van der Waals surface area contributed by atoms with Gasteiger partial charge in [0.1, 0.15) is 5.75 Å². The molecule has 0 unspecified atom stereocenters. The fraction of sp³-hybridized carbons (Fsp3) is 0.312. The lowest BCUT2D eigenvalue weighted by atomic mass is 10.1. The maximum Gasteiger partial charge on any atom is 0.258 e. The number of nitrogens with zero attached hydrogens (tertiary/aromatic N) is 1. The molecule has 2 rings (SSSR count). The van der Waals surface area contributed by atoms with Gasteiger partial charge in [0.25, 0.3) is 5.88 Å². The van der Waals surface area contributed by atoms with Crippen molar-refractivity contribution >= 4 is 5.82 Å². The van der Waals surface area contributed by atoms with Gasteiger partial charge in [-0.2, -0.15) is 4.98 Å². The summed E-state index contributed by atoms with van der Waals surface area (Å²) in [5, 5.41) is 2.55. The maximum absolute atomic E-state index is 13.6. The number of ether oxygens (including phenoxy) is 1. The summed E-state index contributed by atoms with van der Waals surface area (Å²) in [6, 6.07) is 8.14. The Balaban J connectivity index is 2.14. The first-order chi connectivity index (χ1) is 10.1. The van der Waals surface area contributed by atoms with Crippen molar-refractivity contribution in [3.05, 3.63) is 47.5 Å². The fourth-order valence-electron chi connectivity index (χ4n) is 1.91. The van der Waals surface area contributed by atoms with Crippen molar-refractivity contribution in [2.45, 2.75) is 26.2 Å². The number of rotatable bonds is 6. The standard InChI is InChI=1S/C16H18F2N2O/c1-3-4-5-11-6-8-12(9-7-11)21-16-14(18)10-13(17)15(19-2)20-16/h6-10H,3-5H2,1-2H3,(H,19,20). The van der Waals surface area contributed by atoms with Crippen LogP contribution in [0.15, 0.2) is 30.3 Å². The summed E-state index contributed by atoms with van der Waals surface area (Å²) in [5.74, 6) is -1.41. The molecule has 0 saturated carbocycles. The van der Waals surface area contributed by atoms with Gasteiger partial charge >= 0.3 is 0 Å². The molecule has 0 spiro atoms. The number of anilines is 1. The molecule has 5 heteroatoms. The van der Waals surface area contributed by atoms with Crippen molar-refractivity contribution in [2.75, 3.05) is 12.4 Å². The van der Waals surface area contributed by atoms with E-state index < -0.39 is 11.6 Å². The molecule has 0 aliphatic rings. The quantitative estimate of drug-likeness (QED) is 0.849. The van der Waals surface area contributed by atoms with Gasteiger partial charge in [-0.25, -0.2) is 8.78 Å². The van der Waals surface area contributed by atoms with Gasteiger partial charge in [0.05, 0.1) is 0 Å². The largest absolute Gasteiger partial charge is 0.436 e. The summed E-state index contributed by atoms with van der Waals surface area (Å²) in [5.41, 5.74) is 1.20. The van der Waals surface area contributed by atoms with Crippen molar-refractivity contribution in [3.63, 3.8) is 0 Å². The highest BCUT2D eigenvalue weighted by Crippen LogP contribution is 2.26. The Kier molecular flexibility index (Phi) is 5.09. The minimum Gasteiger partial charge on any atom is -0.436 e. The number of aromatic nitrogens is 1. The molecule has 0 aliphatic heterocycles. The van der Waals surface area contributed by atoms with Gasteiger partial charge in [-0.05, 0) is 30.5 Å². The molecule has 1 heterocycles. The van der Waals surface area contributed by atoms with Crippen molar-refractivity contribution in [1.82, 2.24) is 4.98 Å². The molecule has 0 radical (unpaired) electrons. The van der Waals surface area contributed by atoms with Crippen LogP contribution in [0.1, 0.15) is 25.3 Å². The first-order valence-corrected chi connectivity index (χ1v) is 6.94. The second-order valence-corrected chi connectivity index (χ2v) is 4.71. The smallest absolute Gasteiger partial charge is 0.258 e. The van der Waals surface area contributed by atoms with Gasteiger partial charge < -0.3 is 10.1 Å². The lowest BCUT2D eigenvalue weighted by Crippen LogP contribution is -2.01. The Morgan fingerprint density at radius 2 is 1.86 bits per heavy atom. The van der Waals surface area contributed by atoms with Crippen LogP contribution in [0.5, 0.6) is 11.6 Å². The third-order valence-electron chi connectivity index (χ3n) is 3.09. The molecule has 2 aromatic rings. The number of aryl methyl sites for hydroxylation is 1. The van der Waals surface area contributed by atoms with Gasteiger partial charge in [0.2, 0.25) is 0 Å². The van der Waals surface area contributed by atoms with E-state index in [4.69, 9.17) is 4.74 Å². The highest BCUT2D eigenvalue weighted by molar-refractivity contribution is 5.40. The van der Waals surface area contributed by atoms with Crippen LogP contribution in [-0.2, 0) is 6.42 Å². The highest BCUT2D eigenvalue weighted by atomic mass is 19.1. The average Bonchev–Trinajstić information content (AvgIpc) is 2.49. The molecule has 21 heavy (non-hydrogen) atoms. The number of halogens is 2. The Morgan fingerprint density at radius 3 is 2.48 bits per heavy atom. The molecule has 0 atom stereocenters. The number of nitrogens with one attached hydrogen (secondary N) is 1. The summed E-state index contributed by atoms with van der Waals surface area (Å²) < 4.78 is 32.3. The van der Waals surface area contributed by atoms with E-state index in [1.54, 1.807) is 12.1 Å². The Labute approximate surface area is 123 Å². The van der Waals surface area contributed by atoms with E-state index in [1.165, 1.54) is 12.6 Å². The number of pyridine rings is 1. The van der Waals surface area contributed by atoms with Gasteiger partial charge in [-0.3, -0.25) is 0 Å². The number of unbranched alkanes of at least 4 members (excludes halogenated alkanes) is 1.